The topological polar surface area (TPSA) is 142 Å². The Hall–Kier alpha value is -3.15. The lowest BCUT2D eigenvalue weighted by Crippen LogP contribution is -2.34. The lowest BCUT2D eigenvalue weighted by molar-refractivity contribution is 0.0677. The molecule has 1 fully saturated rings. The van der Waals surface area contributed by atoms with E-state index in [-0.39, 0.29) is 22.5 Å². The van der Waals surface area contributed by atoms with Crippen LogP contribution in [-0.2, 0) is 11.3 Å². The van der Waals surface area contributed by atoms with Crippen molar-refractivity contribution in [3.05, 3.63) is 58.0 Å². The van der Waals surface area contributed by atoms with Gasteiger partial charge in [0.15, 0.2) is 0 Å². The lowest BCUT2D eigenvalue weighted by atomic mass is 9.98. The van der Waals surface area contributed by atoms with Crippen LogP contribution in [0.1, 0.15) is 51.2 Å². The van der Waals surface area contributed by atoms with Crippen LogP contribution in [-0.4, -0.2) is 29.6 Å². The van der Waals surface area contributed by atoms with Gasteiger partial charge in [-0.15, -0.1) is 0 Å². The van der Waals surface area contributed by atoms with E-state index in [0.717, 1.165) is 38.2 Å². The summed E-state index contributed by atoms with van der Waals surface area (Å²) in [5.41, 5.74) is 13.7. The summed E-state index contributed by atoms with van der Waals surface area (Å²) in [7, 11) is 0. The monoisotopic (exact) mass is 438 g/mol. The highest BCUT2D eigenvalue weighted by Crippen LogP contribution is 2.17. The number of aliphatic imine (C=N–C) groups is 1. The van der Waals surface area contributed by atoms with Gasteiger partial charge < -0.3 is 26.5 Å². The minimum absolute atomic E-state index is 0.0626. The zero-order chi connectivity index (χ0) is 23.6. The molecule has 1 aliphatic heterocycles. The molecule has 1 aromatic heterocycles. The Morgan fingerprint density at radius 2 is 1.91 bits per heavy atom. The first-order valence-electron chi connectivity index (χ1n) is 10.8. The molecule has 0 atom stereocenters. The Morgan fingerprint density at radius 1 is 1.25 bits per heavy atom. The highest BCUT2D eigenvalue weighted by Gasteiger charge is 2.12. The second-order valence-electron chi connectivity index (χ2n) is 8.82. The molecule has 2 heterocycles. The second-order valence-corrected chi connectivity index (χ2v) is 8.82. The number of benzene rings is 1. The van der Waals surface area contributed by atoms with E-state index in [2.05, 4.69) is 42.1 Å². The normalized spacial score (nSPS) is 14.9. The molecule has 0 bridgehead atoms. The maximum absolute atomic E-state index is 11.8. The second kappa shape index (κ2) is 12.0. The maximum Gasteiger partial charge on any atom is 0.261 e. The Morgan fingerprint density at radius 3 is 2.47 bits per heavy atom. The van der Waals surface area contributed by atoms with E-state index >= 15 is 0 Å². The number of aromatic nitrogens is 1. The third kappa shape index (κ3) is 8.53. The number of nitrogens with two attached hydrogens (primary N) is 2. The molecule has 172 valence electrons. The van der Waals surface area contributed by atoms with Gasteiger partial charge in [-0.2, -0.15) is 5.26 Å². The van der Waals surface area contributed by atoms with Crippen LogP contribution in [0.25, 0.3) is 0 Å². The first-order valence-corrected chi connectivity index (χ1v) is 10.8. The molecule has 3 rings (SSSR count). The lowest BCUT2D eigenvalue weighted by Gasteiger charge is -2.20. The number of nitriles is 1. The van der Waals surface area contributed by atoms with Crippen molar-refractivity contribution in [2.24, 2.45) is 16.6 Å². The van der Waals surface area contributed by atoms with Crippen LogP contribution in [0.4, 0.5) is 11.4 Å². The van der Waals surface area contributed by atoms with Gasteiger partial charge in [0.05, 0.1) is 11.8 Å². The zero-order valence-corrected chi connectivity index (χ0v) is 19.1. The Bertz CT molecular complexity index is 977. The molecule has 1 saturated heterocycles. The highest BCUT2D eigenvalue weighted by molar-refractivity contribution is 6.02. The SMILES string of the molecule is CC(C)(C)NCc1ccc(N=C(N)c2c(N)cc[nH]c2=O)cc1.N#CCC1CCOCC1. The number of pyridine rings is 1. The molecule has 0 unspecified atom stereocenters. The number of hydrogen-bond acceptors (Lipinski definition) is 6. The fraction of sp³-hybridized carbons (Fsp3) is 0.458. The number of nitrogen functional groups attached to an aromatic ring is 1. The number of nitrogens with one attached hydrogen (secondary N) is 2. The van der Waals surface area contributed by atoms with E-state index in [4.69, 9.17) is 21.5 Å². The smallest absolute Gasteiger partial charge is 0.261 e. The fourth-order valence-corrected chi connectivity index (χ4v) is 3.09. The molecule has 6 N–H and O–H groups in total. The van der Waals surface area contributed by atoms with Crippen molar-refractivity contribution in [2.45, 2.75) is 52.1 Å². The molecule has 1 aliphatic rings. The van der Waals surface area contributed by atoms with Crippen molar-refractivity contribution in [2.75, 3.05) is 18.9 Å². The third-order valence-electron chi connectivity index (χ3n) is 4.98. The van der Waals surface area contributed by atoms with Gasteiger partial charge in [0.25, 0.3) is 5.56 Å². The van der Waals surface area contributed by atoms with Crippen LogP contribution < -0.4 is 22.3 Å². The summed E-state index contributed by atoms with van der Waals surface area (Å²) < 4.78 is 5.14. The summed E-state index contributed by atoms with van der Waals surface area (Å²) in [6, 6.07) is 11.4. The van der Waals surface area contributed by atoms with Crippen molar-refractivity contribution in [3.8, 4) is 6.07 Å². The van der Waals surface area contributed by atoms with Gasteiger partial charge in [-0.05, 0) is 63.3 Å². The van der Waals surface area contributed by atoms with Gasteiger partial charge in [-0.25, -0.2) is 4.99 Å². The molecular formula is C24H34N6O2. The molecule has 8 heteroatoms. The average molecular weight is 439 g/mol. The van der Waals surface area contributed by atoms with Crippen LogP contribution in [0.5, 0.6) is 0 Å². The van der Waals surface area contributed by atoms with E-state index < -0.39 is 0 Å². The first-order chi connectivity index (χ1) is 15.2. The Balaban J connectivity index is 0.000000336. The number of rotatable bonds is 5. The van der Waals surface area contributed by atoms with Crippen LogP contribution >= 0.6 is 0 Å². The van der Waals surface area contributed by atoms with Crippen molar-refractivity contribution >= 4 is 17.2 Å². The number of amidine groups is 1. The molecule has 1 aromatic carbocycles. The summed E-state index contributed by atoms with van der Waals surface area (Å²) in [5, 5.41) is 11.7. The molecule has 8 nitrogen and oxygen atoms in total. The van der Waals surface area contributed by atoms with Gasteiger partial charge >= 0.3 is 0 Å². The third-order valence-corrected chi connectivity index (χ3v) is 4.98. The Kier molecular flexibility index (Phi) is 9.44. The molecule has 0 amide bonds. The first kappa shape index (κ1) is 25.1. The van der Waals surface area contributed by atoms with Gasteiger partial charge in [0, 0.05) is 43.6 Å². The zero-order valence-electron chi connectivity index (χ0n) is 19.1. The molecule has 32 heavy (non-hydrogen) atoms. The quantitative estimate of drug-likeness (QED) is 0.417. The molecule has 2 aromatic rings. The predicted octanol–water partition coefficient (Wildman–Crippen LogP) is 3.21. The number of aromatic amines is 1. The van der Waals surface area contributed by atoms with Gasteiger partial charge in [-0.3, -0.25) is 4.79 Å². The molecule has 0 saturated carbocycles. The van der Waals surface area contributed by atoms with Crippen molar-refractivity contribution in [1.82, 2.24) is 10.3 Å². The van der Waals surface area contributed by atoms with Crippen LogP contribution in [0, 0.1) is 17.2 Å². The summed E-state index contributed by atoms with van der Waals surface area (Å²) in [6.07, 6.45) is 4.34. The minimum atomic E-state index is -0.350. The summed E-state index contributed by atoms with van der Waals surface area (Å²) in [6.45, 7) is 8.84. The van der Waals surface area contributed by atoms with Crippen LogP contribution in [0.3, 0.4) is 0 Å². The minimum Gasteiger partial charge on any atom is -0.398 e. The standard InChI is InChI=1S/C17H23N5O.C7H11NO/c1-17(2,3)21-10-11-4-6-12(7-5-11)22-15(19)14-13(18)8-9-20-16(14)23;8-4-1-7-2-5-9-6-3-7/h4-9,21H,10H2,1-3H3,(H2,19,22)(H3,18,20,23);7H,1-3,5-6H2. The number of H-pyrrole nitrogens is 1. The fourth-order valence-electron chi connectivity index (χ4n) is 3.09. The van der Waals surface area contributed by atoms with Crippen molar-refractivity contribution < 1.29 is 4.74 Å². The van der Waals surface area contributed by atoms with E-state index in [0.29, 0.717) is 23.7 Å². The van der Waals surface area contributed by atoms with Crippen LogP contribution in [0.2, 0.25) is 0 Å². The van der Waals surface area contributed by atoms with E-state index in [9.17, 15) is 4.79 Å². The Labute approximate surface area is 189 Å². The molecule has 0 aliphatic carbocycles. The van der Waals surface area contributed by atoms with Crippen molar-refractivity contribution in [1.29, 1.82) is 5.26 Å². The van der Waals surface area contributed by atoms with Gasteiger partial charge in [0.1, 0.15) is 11.4 Å². The van der Waals surface area contributed by atoms with E-state index in [1.54, 1.807) is 6.07 Å². The maximum atomic E-state index is 11.8. The predicted molar refractivity (Wildman–Crippen MR) is 129 cm³/mol. The van der Waals surface area contributed by atoms with E-state index in [1.165, 1.54) is 6.20 Å². The average Bonchev–Trinajstić information content (AvgIpc) is 2.74. The number of nitrogens with zero attached hydrogens (tertiary/aromatic N) is 2. The van der Waals surface area contributed by atoms with Gasteiger partial charge in [0.2, 0.25) is 0 Å². The molecule has 0 spiro atoms. The van der Waals surface area contributed by atoms with Crippen LogP contribution in [0.15, 0.2) is 46.3 Å². The summed E-state index contributed by atoms with van der Waals surface area (Å²) in [4.78, 5) is 18.6. The molecular weight excluding hydrogens is 404 g/mol. The summed E-state index contributed by atoms with van der Waals surface area (Å²) in [5.74, 6) is 0.716. The highest BCUT2D eigenvalue weighted by atomic mass is 16.5. The van der Waals surface area contributed by atoms with Gasteiger partial charge in [-0.1, -0.05) is 12.1 Å². The summed E-state index contributed by atoms with van der Waals surface area (Å²) >= 11 is 0. The van der Waals surface area contributed by atoms with E-state index in [1.807, 2.05) is 24.3 Å². The largest absolute Gasteiger partial charge is 0.398 e. The molecule has 0 radical (unpaired) electrons. The van der Waals surface area contributed by atoms with Crippen molar-refractivity contribution in [3.63, 3.8) is 0 Å². The number of hydrogen-bond donors (Lipinski definition) is 4. The number of anilines is 1. The number of ether oxygens (including phenoxy) is 1.